The van der Waals surface area contributed by atoms with Crippen LogP contribution >= 0.6 is 27.3 Å². The molecular weight excluding hydrogens is 252 g/mol. The van der Waals surface area contributed by atoms with Gasteiger partial charge < -0.3 is 5.32 Å². The molecule has 2 atom stereocenters. The predicted octanol–water partition coefficient (Wildman–Crippen LogP) is 1.62. The fourth-order valence-electron chi connectivity index (χ4n) is 1.27. The van der Waals surface area contributed by atoms with E-state index in [1.54, 1.807) is 11.3 Å². The van der Waals surface area contributed by atoms with Crippen LogP contribution in [0.15, 0.2) is 15.9 Å². The number of halogens is 1. The van der Waals surface area contributed by atoms with Crippen molar-refractivity contribution in [2.45, 2.75) is 19.1 Å². The van der Waals surface area contributed by atoms with Crippen molar-refractivity contribution in [1.29, 1.82) is 0 Å². The first-order chi connectivity index (χ1) is 6.16. The van der Waals surface area contributed by atoms with Crippen LogP contribution in [0.5, 0.6) is 0 Å². The molecule has 1 aromatic heterocycles. The van der Waals surface area contributed by atoms with Gasteiger partial charge in [0.15, 0.2) is 0 Å². The second-order valence-electron chi connectivity index (χ2n) is 3.00. The van der Waals surface area contributed by atoms with E-state index in [9.17, 15) is 4.79 Å². The number of carbonyl (C=O) groups excluding carboxylic acids is 1. The monoisotopic (exact) mass is 260 g/mol. The molecule has 1 amide bonds. The summed E-state index contributed by atoms with van der Waals surface area (Å²) in [6.45, 7) is 1.86. The second kappa shape index (κ2) is 3.40. The van der Waals surface area contributed by atoms with Crippen LogP contribution in [0, 0.1) is 0 Å². The zero-order valence-electron chi connectivity index (χ0n) is 7.00. The highest BCUT2D eigenvalue weighted by Gasteiger charge is 2.28. The van der Waals surface area contributed by atoms with Gasteiger partial charge in [-0.25, -0.2) is 0 Å². The zero-order valence-corrected chi connectivity index (χ0v) is 9.41. The van der Waals surface area contributed by atoms with Crippen LogP contribution in [0.25, 0.3) is 0 Å². The predicted molar refractivity (Wildman–Crippen MR) is 55.5 cm³/mol. The third kappa shape index (κ3) is 1.77. The third-order valence-electron chi connectivity index (χ3n) is 1.97. The van der Waals surface area contributed by atoms with E-state index in [-0.39, 0.29) is 18.1 Å². The molecule has 0 aromatic carbocycles. The highest BCUT2D eigenvalue weighted by atomic mass is 79.9. The van der Waals surface area contributed by atoms with Crippen molar-refractivity contribution >= 4 is 33.2 Å². The van der Waals surface area contributed by atoms with E-state index in [1.165, 1.54) is 0 Å². The van der Waals surface area contributed by atoms with E-state index in [0.717, 1.165) is 9.35 Å². The molecule has 2 N–H and O–H groups in total. The molecular formula is C8H9BrN2OS. The first-order valence-corrected chi connectivity index (χ1v) is 5.64. The Balaban J connectivity index is 2.16. The standard InChI is InChI=1S/C8H9BrN2OS/c1-4-8(12)11-7(10-4)6-2-5(9)3-13-6/h2-4,7,10H,1H3,(H,11,12). The molecule has 2 unspecified atom stereocenters. The maximum absolute atomic E-state index is 11.2. The van der Waals surface area contributed by atoms with Crippen molar-refractivity contribution in [2.24, 2.45) is 0 Å². The quantitative estimate of drug-likeness (QED) is 0.806. The van der Waals surface area contributed by atoms with Gasteiger partial charge in [0, 0.05) is 14.7 Å². The van der Waals surface area contributed by atoms with Crippen molar-refractivity contribution in [3.63, 3.8) is 0 Å². The minimum atomic E-state index is -0.0918. The van der Waals surface area contributed by atoms with Gasteiger partial charge in [-0.05, 0) is 28.9 Å². The number of hydrogen-bond donors (Lipinski definition) is 2. The summed E-state index contributed by atoms with van der Waals surface area (Å²) in [6, 6.07) is 1.92. The van der Waals surface area contributed by atoms with E-state index in [0.29, 0.717) is 0 Å². The van der Waals surface area contributed by atoms with E-state index >= 15 is 0 Å². The van der Waals surface area contributed by atoms with E-state index in [1.807, 2.05) is 18.4 Å². The zero-order chi connectivity index (χ0) is 9.42. The van der Waals surface area contributed by atoms with Crippen molar-refractivity contribution in [1.82, 2.24) is 10.6 Å². The topological polar surface area (TPSA) is 41.1 Å². The van der Waals surface area contributed by atoms with Crippen LogP contribution < -0.4 is 10.6 Å². The van der Waals surface area contributed by atoms with Gasteiger partial charge in [-0.15, -0.1) is 11.3 Å². The maximum atomic E-state index is 11.2. The lowest BCUT2D eigenvalue weighted by Crippen LogP contribution is -2.24. The number of rotatable bonds is 1. The molecule has 0 radical (unpaired) electrons. The number of carbonyl (C=O) groups is 1. The molecule has 2 heterocycles. The normalized spacial score (nSPS) is 27.7. The molecule has 0 aliphatic carbocycles. The van der Waals surface area contributed by atoms with Gasteiger partial charge in [0.1, 0.15) is 6.17 Å². The summed E-state index contributed by atoms with van der Waals surface area (Å²) < 4.78 is 1.06. The summed E-state index contributed by atoms with van der Waals surface area (Å²) >= 11 is 5.01. The molecule has 1 fully saturated rings. The lowest BCUT2D eigenvalue weighted by molar-refractivity contribution is -0.120. The average molecular weight is 261 g/mol. The average Bonchev–Trinajstić information content (AvgIpc) is 2.61. The molecule has 1 aromatic rings. The van der Waals surface area contributed by atoms with E-state index < -0.39 is 0 Å². The van der Waals surface area contributed by atoms with Gasteiger partial charge in [0.2, 0.25) is 5.91 Å². The van der Waals surface area contributed by atoms with E-state index in [2.05, 4.69) is 26.6 Å². The summed E-state index contributed by atoms with van der Waals surface area (Å²) in [5.41, 5.74) is 0. The second-order valence-corrected chi connectivity index (χ2v) is 4.86. The molecule has 0 bridgehead atoms. The Labute approximate surface area is 88.7 Å². The Hall–Kier alpha value is -0.390. The first-order valence-electron chi connectivity index (χ1n) is 3.97. The smallest absolute Gasteiger partial charge is 0.238 e. The van der Waals surface area contributed by atoms with Gasteiger partial charge in [-0.2, -0.15) is 0 Å². The minimum absolute atomic E-state index is 0.0150. The molecule has 1 aliphatic heterocycles. The molecule has 70 valence electrons. The number of nitrogens with one attached hydrogen (secondary N) is 2. The van der Waals surface area contributed by atoms with Crippen LogP contribution in [0.2, 0.25) is 0 Å². The largest absolute Gasteiger partial charge is 0.335 e. The molecule has 5 heteroatoms. The molecule has 1 aliphatic rings. The summed E-state index contributed by atoms with van der Waals surface area (Å²) in [5.74, 6) is 0.0644. The molecule has 1 saturated heterocycles. The van der Waals surface area contributed by atoms with Crippen molar-refractivity contribution in [2.75, 3.05) is 0 Å². The number of thiophene rings is 1. The third-order valence-corrected chi connectivity index (χ3v) is 3.73. The van der Waals surface area contributed by atoms with Gasteiger partial charge in [0.05, 0.1) is 6.04 Å². The lowest BCUT2D eigenvalue weighted by atomic mass is 10.3. The summed E-state index contributed by atoms with van der Waals surface area (Å²) in [6.07, 6.45) is -0.0150. The van der Waals surface area contributed by atoms with Crippen LogP contribution in [-0.2, 0) is 4.79 Å². The fraction of sp³-hybridized carbons (Fsp3) is 0.375. The van der Waals surface area contributed by atoms with Gasteiger partial charge in [-0.1, -0.05) is 0 Å². The Bertz CT molecular complexity index is 339. The first kappa shape index (κ1) is 9.18. The highest BCUT2D eigenvalue weighted by Crippen LogP contribution is 2.26. The SMILES string of the molecule is CC1NC(c2cc(Br)cs2)NC1=O. The van der Waals surface area contributed by atoms with E-state index in [4.69, 9.17) is 0 Å². The number of amides is 1. The Morgan fingerprint density at radius 2 is 2.38 bits per heavy atom. The van der Waals surface area contributed by atoms with Crippen molar-refractivity contribution in [3.05, 3.63) is 20.8 Å². The molecule has 2 rings (SSSR count). The molecule has 0 spiro atoms. The van der Waals surface area contributed by atoms with Crippen LogP contribution in [0.1, 0.15) is 18.0 Å². The van der Waals surface area contributed by atoms with Crippen LogP contribution in [0.4, 0.5) is 0 Å². The summed E-state index contributed by atoms with van der Waals surface area (Å²) in [4.78, 5) is 12.3. The molecule has 0 saturated carbocycles. The van der Waals surface area contributed by atoms with Crippen LogP contribution in [0.3, 0.4) is 0 Å². The molecule has 13 heavy (non-hydrogen) atoms. The number of hydrogen-bond acceptors (Lipinski definition) is 3. The summed E-state index contributed by atoms with van der Waals surface area (Å²) in [5, 5.41) is 8.04. The molecule has 3 nitrogen and oxygen atoms in total. The Morgan fingerprint density at radius 3 is 2.85 bits per heavy atom. The Morgan fingerprint density at radius 1 is 1.62 bits per heavy atom. The Kier molecular flexibility index (Phi) is 2.40. The van der Waals surface area contributed by atoms with Crippen molar-refractivity contribution < 1.29 is 4.79 Å². The van der Waals surface area contributed by atoms with Crippen LogP contribution in [-0.4, -0.2) is 11.9 Å². The van der Waals surface area contributed by atoms with Gasteiger partial charge in [0.25, 0.3) is 0 Å². The minimum Gasteiger partial charge on any atom is -0.335 e. The van der Waals surface area contributed by atoms with Gasteiger partial charge in [-0.3, -0.25) is 10.1 Å². The maximum Gasteiger partial charge on any atom is 0.238 e. The fourth-order valence-corrected chi connectivity index (χ4v) is 2.72. The summed E-state index contributed by atoms with van der Waals surface area (Å²) in [7, 11) is 0. The van der Waals surface area contributed by atoms with Gasteiger partial charge >= 0.3 is 0 Å². The lowest BCUT2D eigenvalue weighted by Gasteiger charge is -2.07. The highest BCUT2D eigenvalue weighted by molar-refractivity contribution is 9.10. The van der Waals surface area contributed by atoms with Crippen molar-refractivity contribution in [3.8, 4) is 0 Å².